The van der Waals surface area contributed by atoms with Crippen LogP contribution in [0.1, 0.15) is 54.5 Å². The van der Waals surface area contributed by atoms with E-state index < -0.39 is 0 Å². The average Bonchev–Trinajstić information content (AvgIpc) is 3.02. The van der Waals surface area contributed by atoms with Crippen LogP contribution >= 0.6 is 22.9 Å². The zero-order valence-corrected chi connectivity index (χ0v) is 17.5. The molecular formula is C20H25ClN2O3S. The largest absolute Gasteiger partial charge is 0.490 e. The van der Waals surface area contributed by atoms with Gasteiger partial charge in [0.05, 0.1) is 23.9 Å². The van der Waals surface area contributed by atoms with Crippen molar-refractivity contribution in [3.8, 4) is 11.5 Å². The van der Waals surface area contributed by atoms with E-state index in [1.54, 1.807) is 23.5 Å². The number of carbonyl (C=O) groups excluding carboxylic acids is 1. The van der Waals surface area contributed by atoms with Gasteiger partial charge in [-0.1, -0.05) is 25.4 Å². The molecule has 0 saturated carbocycles. The summed E-state index contributed by atoms with van der Waals surface area (Å²) in [6.07, 6.45) is 4.02. The van der Waals surface area contributed by atoms with Gasteiger partial charge in [0, 0.05) is 10.4 Å². The van der Waals surface area contributed by atoms with Gasteiger partial charge >= 0.3 is 0 Å². The highest BCUT2D eigenvalue weighted by Gasteiger charge is 2.22. The highest BCUT2D eigenvalue weighted by molar-refractivity contribution is 7.15. The van der Waals surface area contributed by atoms with Gasteiger partial charge in [0.1, 0.15) is 0 Å². The quantitative estimate of drug-likeness (QED) is 0.669. The molecule has 0 aliphatic heterocycles. The number of amides is 1. The highest BCUT2D eigenvalue weighted by Crippen LogP contribution is 2.37. The van der Waals surface area contributed by atoms with Crippen molar-refractivity contribution in [3.63, 3.8) is 0 Å². The molecule has 0 spiro atoms. The molecule has 146 valence electrons. The zero-order chi connectivity index (χ0) is 19.4. The number of anilines is 1. The smallest absolute Gasteiger partial charge is 0.257 e. The molecule has 27 heavy (non-hydrogen) atoms. The fraction of sp³-hybridized carbons (Fsp3) is 0.500. The molecule has 1 unspecified atom stereocenters. The van der Waals surface area contributed by atoms with Gasteiger partial charge < -0.3 is 9.47 Å². The number of ether oxygens (including phenoxy) is 2. The molecule has 0 bridgehead atoms. The minimum atomic E-state index is -0.251. The third-order valence-corrected chi connectivity index (χ3v) is 5.74. The molecule has 1 aromatic heterocycles. The molecule has 1 aliphatic rings. The van der Waals surface area contributed by atoms with Gasteiger partial charge in [-0.15, -0.1) is 11.3 Å². The van der Waals surface area contributed by atoms with E-state index in [0.717, 1.165) is 31.4 Å². The van der Waals surface area contributed by atoms with Crippen molar-refractivity contribution >= 4 is 34.0 Å². The Morgan fingerprint density at radius 1 is 1.37 bits per heavy atom. The fourth-order valence-electron chi connectivity index (χ4n) is 3.07. The van der Waals surface area contributed by atoms with Gasteiger partial charge in [-0.2, -0.15) is 0 Å². The SMILES string of the molecule is CCCOc1c(Cl)cc(C(=O)Nc2nc3c(s2)CC(C)CC3)cc1OCC. The van der Waals surface area contributed by atoms with Crippen LogP contribution < -0.4 is 14.8 Å². The predicted molar refractivity (Wildman–Crippen MR) is 110 cm³/mol. The first kappa shape index (κ1) is 20.0. The van der Waals surface area contributed by atoms with E-state index in [9.17, 15) is 4.79 Å². The number of rotatable bonds is 7. The van der Waals surface area contributed by atoms with E-state index in [-0.39, 0.29) is 5.91 Å². The molecule has 1 aromatic carbocycles. The van der Waals surface area contributed by atoms with Crippen molar-refractivity contribution < 1.29 is 14.3 Å². The lowest BCUT2D eigenvalue weighted by Gasteiger charge is -2.15. The molecule has 2 aromatic rings. The average molecular weight is 409 g/mol. The molecule has 1 heterocycles. The summed E-state index contributed by atoms with van der Waals surface area (Å²) in [5, 5.41) is 3.91. The number of aromatic nitrogens is 1. The van der Waals surface area contributed by atoms with Crippen LogP contribution in [0.25, 0.3) is 0 Å². The molecule has 1 aliphatic carbocycles. The minimum Gasteiger partial charge on any atom is -0.490 e. The van der Waals surface area contributed by atoms with E-state index in [0.29, 0.717) is 46.3 Å². The summed E-state index contributed by atoms with van der Waals surface area (Å²) in [4.78, 5) is 18.6. The van der Waals surface area contributed by atoms with Gasteiger partial charge in [-0.25, -0.2) is 4.98 Å². The number of nitrogens with one attached hydrogen (secondary N) is 1. The fourth-order valence-corrected chi connectivity index (χ4v) is 4.50. The Morgan fingerprint density at radius 2 is 2.19 bits per heavy atom. The molecule has 0 saturated heterocycles. The number of aryl methyl sites for hydroxylation is 1. The lowest BCUT2D eigenvalue weighted by atomic mass is 9.93. The first-order valence-electron chi connectivity index (χ1n) is 9.40. The number of fused-ring (bicyclic) bond motifs is 1. The van der Waals surface area contributed by atoms with E-state index in [1.807, 2.05) is 13.8 Å². The maximum absolute atomic E-state index is 12.7. The van der Waals surface area contributed by atoms with Gasteiger partial charge in [0.25, 0.3) is 5.91 Å². The molecule has 7 heteroatoms. The topological polar surface area (TPSA) is 60.5 Å². The van der Waals surface area contributed by atoms with E-state index in [2.05, 4.69) is 17.2 Å². The van der Waals surface area contributed by atoms with Crippen molar-refractivity contribution in [1.82, 2.24) is 4.98 Å². The van der Waals surface area contributed by atoms with Crippen LogP contribution in [0, 0.1) is 5.92 Å². The van der Waals surface area contributed by atoms with Gasteiger partial charge in [-0.05, 0) is 50.7 Å². The third kappa shape index (κ3) is 4.74. The van der Waals surface area contributed by atoms with Crippen LogP contribution in [0.5, 0.6) is 11.5 Å². The number of nitrogens with zero attached hydrogens (tertiary/aromatic N) is 1. The normalized spacial score (nSPS) is 15.9. The molecule has 1 amide bonds. The summed E-state index contributed by atoms with van der Waals surface area (Å²) < 4.78 is 11.3. The molecule has 5 nitrogen and oxygen atoms in total. The van der Waals surface area contributed by atoms with Crippen LogP contribution in [0.3, 0.4) is 0 Å². The standard InChI is InChI=1S/C20H25ClN2O3S/c1-4-8-26-18-14(21)10-13(11-16(18)25-5-2)19(24)23-20-22-15-7-6-12(3)9-17(15)27-20/h10-12H,4-9H2,1-3H3,(H,22,23,24). The molecule has 3 rings (SSSR count). The Morgan fingerprint density at radius 3 is 2.93 bits per heavy atom. The molecule has 1 atom stereocenters. The lowest BCUT2D eigenvalue weighted by Crippen LogP contribution is -2.13. The van der Waals surface area contributed by atoms with Crippen LogP contribution in [0.4, 0.5) is 5.13 Å². The number of halogens is 1. The Hall–Kier alpha value is -1.79. The van der Waals surface area contributed by atoms with Crippen molar-refractivity contribution in [1.29, 1.82) is 0 Å². The first-order valence-corrected chi connectivity index (χ1v) is 10.6. The van der Waals surface area contributed by atoms with E-state index in [1.165, 1.54) is 4.88 Å². The number of benzene rings is 1. The van der Waals surface area contributed by atoms with Crippen molar-refractivity contribution in [2.45, 2.75) is 46.5 Å². The minimum absolute atomic E-state index is 0.251. The third-order valence-electron chi connectivity index (χ3n) is 4.43. The summed E-state index contributed by atoms with van der Waals surface area (Å²) in [5.74, 6) is 1.38. The van der Waals surface area contributed by atoms with Crippen molar-refractivity contribution in [2.24, 2.45) is 5.92 Å². The van der Waals surface area contributed by atoms with Gasteiger partial charge in [-0.3, -0.25) is 10.1 Å². The number of carbonyl (C=O) groups is 1. The summed E-state index contributed by atoms with van der Waals surface area (Å²) in [5.41, 5.74) is 1.54. The Balaban J connectivity index is 1.80. The maximum Gasteiger partial charge on any atom is 0.257 e. The molecule has 0 fully saturated rings. The van der Waals surface area contributed by atoms with E-state index >= 15 is 0 Å². The molecular weight excluding hydrogens is 384 g/mol. The monoisotopic (exact) mass is 408 g/mol. The van der Waals surface area contributed by atoms with Crippen LogP contribution in [-0.4, -0.2) is 24.1 Å². The summed E-state index contributed by atoms with van der Waals surface area (Å²) in [7, 11) is 0. The molecule has 1 N–H and O–H groups in total. The van der Waals surface area contributed by atoms with Crippen LogP contribution in [0.2, 0.25) is 5.02 Å². The summed E-state index contributed by atoms with van der Waals surface area (Å²) in [6, 6.07) is 3.28. The van der Waals surface area contributed by atoms with Gasteiger partial charge in [0.2, 0.25) is 0 Å². The predicted octanol–water partition coefficient (Wildman–Crippen LogP) is 5.36. The van der Waals surface area contributed by atoms with Crippen molar-refractivity contribution in [3.05, 3.63) is 33.3 Å². The second-order valence-corrected chi connectivity index (χ2v) is 8.25. The van der Waals surface area contributed by atoms with Crippen LogP contribution in [-0.2, 0) is 12.8 Å². The number of hydrogen-bond donors (Lipinski definition) is 1. The summed E-state index contributed by atoms with van der Waals surface area (Å²) >= 11 is 7.92. The summed E-state index contributed by atoms with van der Waals surface area (Å²) in [6.45, 7) is 7.14. The van der Waals surface area contributed by atoms with Crippen molar-refractivity contribution in [2.75, 3.05) is 18.5 Å². The Labute approximate surface area is 169 Å². The van der Waals surface area contributed by atoms with Crippen LogP contribution in [0.15, 0.2) is 12.1 Å². The highest BCUT2D eigenvalue weighted by atomic mass is 35.5. The second-order valence-electron chi connectivity index (χ2n) is 6.76. The number of hydrogen-bond acceptors (Lipinski definition) is 5. The lowest BCUT2D eigenvalue weighted by molar-refractivity contribution is 0.102. The zero-order valence-electron chi connectivity index (χ0n) is 15.9. The Bertz CT molecular complexity index is 822. The number of thiazole rings is 1. The maximum atomic E-state index is 12.7. The second kappa shape index (κ2) is 8.93. The van der Waals surface area contributed by atoms with Gasteiger partial charge in [0.15, 0.2) is 16.6 Å². The molecule has 0 radical (unpaired) electrons. The van der Waals surface area contributed by atoms with E-state index in [4.69, 9.17) is 21.1 Å². The Kier molecular flexibility index (Phi) is 6.60. The first-order chi connectivity index (χ1) is 13.0.